The molecule has 0 N–H and O–H groups in total. The van der Waals surface area contributed by atoms with E-state index in [0.29, 0.717) is 11.3 Å². The van der Waals surface area contributed by atoms with Crippen LogP contribution in [0.5, 0.6) is 5.75 Å². The smallest absolute Gasteiger partial charge is 0.338 e. The summed E-state index contributed by atoms with van der Waals surface area (Å²) in [6.07, 6.45) is 1.35. The summed E-state index contributed by atoms with van der Waals surface area (Å²) in [5.41, 5.74) is 1.40. The van der Waals surface area contributed by atoms with Gasteiger partial charge in [-0.1, -0.05) is 18.2 Å². The van der Waals surface area contributed by atoms with Crippen molar-refractivity contribution in [1.29, 1.82) is 0 Å². The number of hydrogen-bond acceptors (Lipinski definition) is 5. The van der Waals surface area contributed by atoms with Crippen LogP contribution in [0.1, 0.15) is 21.5 Å². The summed E-state index contributed by atoms with van der Waals surface area (Å²) in [5.74, 6) is -0.163. The molecule has 0 spiro atoms. The first-order valence-electron chi connectivity index (χ1n) is 7.14. The van der Waals surface area contributed by atoms with E-state index in [0.717, 1.165) is 11.0 Å². The van der Waals surface area contributed by atoms with Crippen molar-refractivity contribution in [3.63, 3.8) is 0 Å². The zero-order chi connectivity index (χ0) is 17.7. The highest BCUT2D eigenvalue weighted by Gasteiger charge is 2.17. The molecule has 0 saturated carbocycles. The quantitative estimate of drug-likeness (QED) is 0.778. The van der Waals surface area contributed by atoms with Gasteiger partial charge >= 0.3 is 5.97 Å². The number of ether oxygens (including phenoxy) is 2. The second kappa shape index (κ2) is 7.31. The number of sulfone groups is 1. The minimum absolute atomic E-state index is 0.173. The molecule has 0 aliphatic carbocycles. The van der Waals surface area contributed by atoms with Gasteiger partial charge in [-0.3, -0.25) is 0 Å². The number of benzene rings is 2. The van der Waals surface area contributed by atoms with Gasteiger partial charge in [-0.2, -0.15) is 0 Å². The second-order valence-electron chi connectivity index (χ2n) is 5.08. The molecule has 0 bridgehead atoms. The highest BCUT2D eigenvalue weighted by molar-refractivity contribution is 7.94. The highest BCUT2D eigenvalue weighted by Crippen LogP contribution is 2.27. The third-order valence-electron chi connectivity index (χ3n) is 3.40. The standard InChI is InChI=1S/C18H18O5S/c1-13-11-16(18(19)23-3)15(17(12-13)22-2)9-10-24(20,21)14-7-5-4-6-8-14/h4-12H,1-3H3/b10-9+. The maximum absolute atomic E-state index is 12.4. The van der Waals surface area contributed by atoms with Crippen LogP contribution in [0.2, 0.25) is 0 Å². The lowest BCUT2D eigenvalue weighted by Crippen LogP contribution is -2.06. The van der Waals surface area contributed by atoms with E-state index in [4.69, 9.17) is 9.47 Å². The summed E-state index contributed by atoms with van der Waals surface area (Å²) in [4.78, 5) is 12.2. The minimum atomic E-state index is -3.63. The lowest BCUT2D eigenvalue weighted by molar-refractivity contribution is 0.0600. The summed E-state index contributed by atoms with van der Waals surface area (Å²) < 4.78 is 34.8. The summed E-state index contributed by atoms with van der Waals surface area (Å²) in [6, 6.07) is 11.4. The summed E-state index contributed by atoms with van der Waals surface area (Å²) in [5, 5.41) is 1.06. The number of rotatable bonds is 5. The van der Waals surface area contributed by atoms with Gasteiger partial charge in [0.25, 0.3) is 0 Å². The topological polar surface area (TPSA) is 69.7 Å². The van der Waals surface area contributed by atoms with Crippen molar-refractivity contribution in [2.24, 2.45) is 0 Å². The number of esters is 1. The van der Waals surface area contributed by atoms with E-state index in [2.05, 4.69) is 0 Å². The fourth-order valence-corrected chi connectivity index (χ4v) is 3.24. The fourth-order valence-electron chi connectivity index (χ4n) is 2.23. The predicted molar refractivity (Wildman–Crippen MR) is 91.7 cm³/mol. The van der Waals surface area contributed by atoms with Crippen molar-refractivity contribution >= 4 is 21.9 Å². The lowest BCUT2D eigenvalue weighted by atomic mass is 10.0. The Bertz CT molecular complexity index is 868. The average Bonchev–Trinajstić information content (AvgIpc) is 2.59. The van der Waals surface area contributed by atoms with Crippen LogP contribution in [-0.2, 0) is 14.6 Å². The molecule has 0 fully saturated rings. The molecule has 0 aliphatic rings. The second-order valence-corrected chi connectivity index (χ2v) is 6.91. The molecule has 0 atom stereocenters. The lowest BCUT2D eigenvalue weighted by Gasteiger charge is -2.11. The first kappa shape index (κ1) is 17.7. The third kappa shape index (κ3) is 3.83. The Morgan fingerprint density at radius 2 is 1.75 bits per heavy atom. The van der Waals surface area contributed by atoms with E-state index in [1.165, 1.54) is 32.4 Å². The van der Waals surface area contributed by atoms with Crippen molar-refractivity contribution in [2.45, 2.75) is 11.8 Å². The molecule has 2 aromatic carbocycles. The Kier molecular flexibility index (Phi) is 5.41. The maximum atomic E-state index is 12.4. The molecule has 0 amide bonds. The maximum Gasteiger partial charge on any atom is 0.338 e. The molecule has 126 valence electrons. The van der Waals surface area contributed by atoms with Crippen molar-refractivity contribution in [1.82, 2.24) is 0 Å². The van der Waals surface area contributed by atoms with Crippen LogP contribution in [-0.4, -0.2) is 28.6 Å². The molecule has 2 aromatic rings. The van der Waals surface area contributed by atoms with E-state index >= 15 is 0 Å². The average molecular weight is 346 g/mol. The molecule has 0 radical (unpaired) electrons. The van der Waals surface area contributed by atoms with Crippen LogP contribution in [0.15, 0.2) is 52.8 Å². The largest absolute Gasteiger partial charge is 0.496 e. The van der Waals surface area contributed by atoms with Gasteiger partial charge in [-0.15, -0.1) is 0 Å². The number of aryl methyl sites for hydroxylation is 1. The first-order valence-corrected chi connectivity index (χ1v) is 8.69. The van der Waals surface area contributed by atoms with Gasteiger partial charge < -0.3 is 9.47 Å². The molecular formula is C18H18O5S. The van der Waals surface area contributed by atoms with Crippen LogP contribution in [0, 0.1) is 6.92 Å². The number of hydrogen-bond donors (Lipinski definition) is 0. The number of methoxy groups -OCH3 is 2. The molecular weight excluding hydrogens is 328 g/mol. The van der Waals surface area contributed by atoms with Crippen molar-refractivity contribution in [2.75, 3.05) is 14.2 Å². The zero-order valence-electron chi connectivity index (χ0n) is 13.6. The van der Waals surface area contributed by atoms with Crippen LogP contribution in [0.4, 0.5) is 0 Å². The van der Waals surface area contributed by atoms with Gasteiger partial charge in [0.05, 0.1) is 24.7 Å². The Hall–Kier alpha value is -2.60. The molecule has 6 heteroatoms. The molecule has 0 heterocycles. The molecule has 0 unspecified atom stereocenters. The van der Waals surface area contributed by atoms with Gasteiger partial charge in [0, 0.05) is 11.0 Å². The molecule has 2 rings (SSSR count). The molecule has 5 nitrogen and oxygen atoms in total. The highest BCUT2D eigenvalue weighted by atomic mass is 32.2. The number of carbonyl (C=O) groups excluding carboxylic acids is 1. The summed E-state index contributed by atoms with van der Waals surface area (Å²) in [7, 11) is -0.905. The van der Waals surface area contributed by atoms with E-state index in [1.54, 1.807) is 30.3 Å². The number of carbonyl (C=O) groups is 1. The van der Waals surface area contributed by atoms with E-state index in [9.17, 15) is 13.2 Å². The molecule has 0 aromatic heterocycles. The Morgan fingerprint density at radius 3 is 2.33 bits per heavy atom. The first-order chi connectivity index (χ1) is 11.4. The van der Waals surface area contributed by atoms with Gasteiger partial charge in [-0.05, 0) is 42.8 Å². The Morgan fingerprint density at radius 1 is 1.08 bits per heavy atom. The van der Waals surface area contributed by atoms with E-state index in [-0.39, 0.29) is 10.5 Å². The SMILES string of the molecule is COC(=O)c1cc(C)cc(OC)c1/C=C/S(=O)(=O)c1ccccc1. The summed E-state index contributed by atoms with van der Waals surface area (Å²) in [6.45, 7) is 1.81. The molecule has 24 heavy (non-hydrogen) atoms. The van der Waals surface area contributed by atoms with Gasteiger partial charge in [0.1, 0.15) is 5.75 Å². The predicted octanol–water partition coefficient (Wildman–Crippen LogP) is 3.23. The van der Waals surface area contributed by atoms with Crippen molar-refractivity contribution < 1.29 is 22.7 Å². The van der Waals surface area contributed by atoms with Gasteiger partial charge in [-0.25, -0.2) is 13.2 Å². The monoisotopic (exact) mass is 346 g/mol. The van der Waals surface area contributed by atoms with Crippen molar-refractivity contribution in [3.05, 3.63) is 64.6 Å². The fraction of sp³-hybridized carbons (Fsp3) is 0.167. The molecule has 0 aliphatic heterocycles. The van der Waals surface area contributed by atoms with Crippen molar-refractivity contribution in [3.8, 4) is 5.75 Å². The Balaban J connectivity index is 2.54. The Labute approximate surface area is 141 Å². The van der Waals surface area contributed by atoms with Gasteiger partial charge in [0.2, 0.25) is 0 Å². The van der Waals surface area contributed by atoms with E-state index < -0.39 is 15.8 Å². The van der Waals surface area contributed by atoms with E-state index in [1.807, 2.05) is 6.92 Å². The van der Waals surface area contributed by atoms with Crippen LogP contribution in [0.3, 0.4) is 0 Å². The summed E-state index contributed by atoms with van der Waals surface area (Å²) >= 11 is 0. The van der Waals surface area contributed by atoms with Gasteiger partial charge in [0.15, 0.2) is 9.84 Å². The molecule has 0 saturated heterocycles. The normalized spacial score (nSPS) is 11.5. The zero-order valence-corrected chi connectivity index (χ0v) is 14.5. The minimum Gasteiger partial charge on any atom is -0.496 e. The van der Waals surface area contributed by atoms with Crippen LogP contribution in [0.25, 0.3) is 6.08 Å². The van der Waals surface area contributed by atoms with Crippen LogP contribution < -0.4 is 4.74 Å². The third-order valence-corrected chi connectivity index (χ3v) is 4.82. The van der Waals surface area contributed by atoms with Crippen LogP contribution >= 0.6 is 0 Å².